The van der Waals surface area contributed by atoms with Crippen LogP contribution in [-0.4, -0.2) is 108 Å². The molecule has 6 aromatic heterocycles. The molecule has 40 nitrogen and oxygen atoms in total. The minimum Gasteiger partial charge on any atom is -0.478 e. The minimum atomic E-state index is -1.30. The Balaban J connectivity index is 0.000000164. The van der Waals surface area contributed by atoms with E-state index in [1.54, 1.807) is 13.8 Å². The summed E-state index contributed by atoms with van der Waals surface area (Å²) in [6.45, 7) is 6.41. The number of carbonyl (C=O) groups is 2. The average molecular weight is 1250 g/mol. The summed E-state index contributed by atoms with van der Waals surface area (Å²) in [5.74, 6) is -1.63. The normalized spacial score (nSPS) is 10.7. The number of carboxylic acids is 1. The van der Waals surface area contributed by atoms with E-state index in [1.807, 2.05) is 0 Å². The molecule has 0 aliphatic heterocycles. The molecule has 10 rings (SSSR count). The van der Waals surface area contributed by atoms with Crippen molar-refractivity contribution in [1.82, 2.24) is 76.1 Å². The molecular weight excluding hydrogens is 1210 g/mol. The Morgan fingerprint density at radius 3 is 1.26 bits per heavy atom. The van der Waals surface area contributed by atoms with Gasteiger partial charge in [-0.05, 0) is 98.6 Å². The molecule has 450 valence electrons. The third kappa shape index (κ3) is 13.4. The van der Waals surface area contributed by atoms with E-state index >= 15 is 0 Å². The first kappa shape index (κ1) is 62.5. The third-order valence-corrected chi connectivity index (χ3v) is 12.9. The van der Waals surface area contributed by atoms with Gasteiger partial charge < -0.3 is 56.4 Å². The zero-order valence-corrected chi connectivity index (χ0v) is 45.9. The highest BCUT2D eigenvalue weighted by Crippen LogP contribution is 2.37. The first-order valence-electron chi connectivity index (χ1n) is 23.1. The molecule has 0 bridgehead atoms. The number of nitrogen functional groups attached to an aromatic ring is 1. The Labute approximate surface area is 483 Å². The number of aromatic amines is 10. The van der Waals surface area contributed by atoms with Gasteiger partial charge in [0, 0.05) is 11.1 Å². The summed E-state index contributed by atoms with van der Waals surface area (Å²) in [4.78, 5) is 154. The molecule has 25 N–H and O–H groups in total. The van der Waals surface area contributed by atoms with Crippen LogP contribution in [0.1, 0.15) is 43.0 Å². The number of carboxylic acid groups (broad SMARTS) is 1. The molecule has 0 aliphatic rings. The van der Waals surface area contributed by atoms with Crippen molar-refractivity contribution in [3.8, 4) is 22.0 Å². The van der Waals surface area contributed by atoms with Gasteiger partial charge in [0.15, 0.2) is 15.9 Å². The van der Waals surface area contributed by atoms with Crippen molar-refractivity contribution in [3.05, 3.63) is 145 Å². The first-order chi connectivity index (χ1) is 40.8. The van der Waals surface area contributed by atoms with Crippen molar-refractivity contribution in [2.45, 2.75) is 27.7 Å². The number of nitrogens with one attached hydrogen (secondary N) is 16. The maximum Gasteiger partial charge on any atom is 0.338 e. The molecule has 0 unspecified atom stereocenters. The number of anilines is 5. The lowest BCUT2D eigenvalue weighted by Crippen LogP contribution is -2.44. The predicted octanol–water partition coefficient (Wildman–Crippen LogP) is 0.0899. The molecule has 0 spiro atoms. The Hall–Kier alpha value is -11.1. The van der Waals surface area contributed by atoms with Gasteiger partial charge in [0.05, 0.1) is 78.0 Å². The Kier molecular flexibility index (Phi) is 19.2. The quantitative estimate of drug-likeness (QED) is 0.0333. The number of aromatic nitrogens is 13. The molecule has 0 aliphatic carbocycles. The summed E-state index contributed by atoms with van der Waals surface area (Å²) < 4.78 is 0.228. The second-order valence-corrected chi connectivity index (χ2v) is 18.8. The molecule has 0 saturated heterocycles. The number of carbonyl (C=O) groups excluding carboxylic acids is 1. The molecule has 4 aromatic carbocycles. The Bertz CT molecular complexity index is 4900. The second kappa shape index (κ2) is 26.4. The van der Waals surface area contributed by atoms with Crippen LogP contribution in [0.4, 0.5) is 27.9 Å². The first-order valence-corrected chi connectivity index (χ1v) is 24.7. The highest BCUT2D eigenvalue weighted by atomic mass is 32.1. The number of thiocarbonyl (C=S) groups is 1. The van der Waals surface area contributed by atoms with Gasteiger partial charge in [-0.3, -0.25) is 64.2 Å². The number of aromatic carboxylic acids is 1. The summed E-state index contributed by atoms with van der Waals surface area (Å²) in [7, 11) is 0. The van der Waals surface area contributed by atoms with Crippen molar-refractivity contribution in [3.63, 3.8) is 0 Å². The zero-order valence-electron chi connectivity index (χ0n) is 43.5. The lowest BCUT2D eigenvalue weighted by atomic mass is 10.0. The van der Waals surface area contributed by atoms with Crippen molar-refractivity contribution >= 4 is 125 Å². The minimum absolute atomic E-state index is 0.000787. The largest absolute Gasteiger partial charge is 0.478 e. The third-order valence-electron chi connectivity index (χ3n) is 11.9. The standard InChI is InChI=1S/C11H12N6O5S.2C11H10N6O4S.C10H9N3O6/c1-3-4(17-22-21)2-5-7(14-10(20)9(19)13-5)6(3)8(18)15-16-11(12)23;1-3-4(17-21-20)2-5-7(14-9(19)8(18)13-5)6(3)10-15-16-11(12)22-10;1-3-4(17-21-20)2-5-7(13-10(19)9(18)12-5)6(3)8-14-11(22)16-15-8;1-3-4(13-19-18)2-5-7(6(3)10(16)17)12-9(15)8(14)11-5/h2,17,21H,1H3,(H,13,19)(H,14,20)(H,15,18)(H3,12,16,23);2,17,20H,1H3,(H2,12,16)(H,13,18)(H,14,19);2,17,20H,1H3,(H,12,18)(H,13,19)(H2,14,15,16,22);2,13,18H,1H3,(H,11,14)(H,12,15)(H,16,17). The molecular formula is C43H41N21O19S3. The average Bonchev–Trinajstić information content (AvgIpc) is 1.51. The van der Waals surface area contributed by atoms with E-state index in [2.05, 4.69) is 130 Å². The van der Waals surface area contributed by atoms with Gasteiger partial charge in [0.1, 0.15) is 0 Å². The number of hydrogen-bond acceptors (Lipinski definition) is 29. The second-order valence-electron chi connectivity index (χ2n) is 17.0. The number of amides is 1. The summed E-state index contributed by atoms with van der Waals surface area (Å²) in [6, 6.07) is 5.70. The highest BCUT2D eigenvalue weighted by Gasteiger charge is 2.22. The van der Waals surface area contributed by atoms with E-state index < -0.39 is 56.4 Å². The van der Waals surface area contributed by atoms with Crippen LogP contribution in [0.5, 0.6) is 0 Å². The fraction of sp³-hybridized carbons (Fsp3) is 0.0930. The van der Waals surface area contributed by atoms with Gasteiger partial charge in [-0.25, -0.2) is 47.7 Å². The van der Waals surface area contributed by atoms with Crippen LogP contribution in [0.15, 0.2) is 62.6 Å². The van der Waals surface area contributed by atoms with Crippen LogP contribution < -0.4 is 88.7 Å². The molecule has 86 heavy (non-hydrogen) atoms. The van der Waals surface area contributed by atoms with Crippen molar-refractivity contribution < 1.29 is 55.7 Å². The van der Waals surface area contributed by atoms with E-state index in [0.717, 1.165) is 11.3 Å². The van der Waals surface area contributed by atoms with Crippen molar-refractivity contribution in [2.75, 3.05) is 27.7 Å². The van der Waals surface area contributed by atoms with Gasteiger partial charge in [-0.2, -0.15) is 4.98 Å². The highest BCUT2D eigenvalue weighted by molar-refractivity contribution is 7.80. The predicted molar refractivity (Wildman–Crippen MR) is 309 cm³/mol. The van der Waals surface area contributed by atoms with Gasteiger partial charge in [-0.1, -0.05) is 11.3 Å². The van der Waals surface area contributed by atoms with Crippen molar-refractivity contribution in [2.24, 2.45) is 5.73 Å². The van der Waals surface area contributed by atoms with Crippen LogP contribution in [0.3, 0.4) is 0 Å². The lowest BCUT2D eigenvalue weighted by Gasteiger charge is -2.14. The molecule has 1 amide bonds. The van der Waals surface area contributed by atoms with Crippen molar-refractivity contribution in [1.29, 1.82) is 0 Å². The Morgan fingerprint density at radius 2 is 0.884 bits per heavy atom. The van der Waals surface area contributed by atoms with Gasteiger partial charge in [0.2, 0.25) is 9.90 Å². The maximum atomic E-state index is 12.3. The molecule has 0 saturated carbocycles. The molecule has 10 aromatic rings. The number of hydrogen-bond donors (Lipinski definition) is 23. The van der Waals surface area contributed by atoms with Crippen LogP contribution in [0.25, 0.3) is 66.1 Å². The van der Waals surface area contributed by atoms with Gasteiger partial charge in [-0.15, -0.1) is 30.2 Å². The van der Waals surface area contributed by atoms with Crippen LogP contribution in [0.2, 0.25) is 0 Å². The van der Waals surface area contributed by atoms with E-state index in [1.165, 1.54) is 38.1 Å². The number of rotatable bonds is 12. The SMILES string of the molecule is Cc1c(NOO)cc2[nH]c(=O)c(=O)[nH]c2c1-c1nc(=S)[nH][nH]1.Cc1c(NOO)cc2[nH]c(=O)c(=O)[nH]c2c1-c1nnc(N)s1.Cc1c(NOO)cc2[nH]c(=O)c(=O)[nH]c2c1C(=O)NNC(N)=S.Cc1c(NOO)cc2[nH]c(=O)c(=O)[nH]c2c1C(=O)O. The topological polar surface area (TPSA) is 630 Å². The molecule has 6 heterocycles. The van der Waals surface area contributed by atoms with Crippen LogP contribution in [0, 0.1) is 32.5 Å². The van der Waals surface area contributed by atoms with Crippen LogP contribution >= 0.6 is 35.8 Å². The number of H-pyrrole nitrogens is 10. The van der Waals surface area contributed by atoms with Crippen LogP contribution in [-0.2, 0) is 20.0 Å². The summed E-state index contributed by atoms with van der Waals surface area (Å²) in [6.07, 6.45) is 0. The van der Waals surface area contributed by atoms with E-state index in [0.29, 0.717) is 72.1 Å². The molecule has 0 atom stereocenters. The number of nitrogens with two attached hydrogens (primary N) is 2. The van der Waals surface area contributed by atoms with E-state index in [4.69, 9.17) is 44.7 Å². The van der Waals surface area contributed by atoms with E-state index in [9.17, 15) is 53.1 Å². The summed E-state index contributed by atoms with van der Waals surface area (Å²) in [5, 5.41) is 56.9. The summed E-state index contributed by atoms with van der Waals surface area (Å²) >= 11 is 10.6. The monoisotopic (exact) mass is 1250 g/mol. The molecule has 0 radical (unpaired) electrons. The number of benzene rings is 4. The number of fused-ring (bicyclic) bond motifs is 4. The summed E-state index contributed by atoms with van der Waals surface area (Å²) in [5.41, 5.74) is 22.5. The molecule has 0 fully saturated rings. The lowest BCUT2D eigenvalue weighted by molar-refractivity contribution is -0.215. The smallest absolute Gasteiger partial charge is 0.338 e. The fourth-order valence-corrected chi connectivity index (χ4v) is 8.99. The zero-order chi connectivity index (χ0) is 63.0. The number of nitrogens with zero attached hydrogens (tertiary/aromatic N) is 3. The van der Waals surface area contributed by atoms with Gasteiger partial charge in [0.25, 0.3) is 5.91 Å². The molecule has 43 heteroatoms. The van der Waals surface area contributed by atoms with E-state index in [-0.39, 0.29) is 65.1 Å². The number of hydrazine groups is 1. The van der Waals surface area contributed by atoms with Gasteiger partial charge >= 0.3 is 50.4 Å². The Morgan fingerprint density at radius 1 is 0.523 bits per heavy atom. The fourth-order valence-electron chi connectivity index (χ4n) is 8.08. The maximum absolute atomic E-state index is 12.3.